The van der Waals surface area contributed by atoms with Gasteiger partial charge in [0, 0.05) is 17.8 Å². The molecule has 1 aromatic carbocycles. The summed E-state index contributed by atoms with van der Waals surface area (Å²) in [6.07, 6.45) is 1.21. The van der Waals surface area contributed by atoms with E-state index in [2.05, 4.69) is 49.1 Å². The van der Waals surface area contributed by atoms with E-state index < -0.39 is 0 Å². The Balaban J connectivity index is 2.26. The zero-order valence-electron chi connectivity index (χ0n) is 9.61. The Kier molecular flexibility index (Phi) is 2.70. The van der Waals surface area contributed by atoms with Gasteiger partial charge in [0.15, 0.2) is 0 Å². The van der Waals surface area contributed by atoms with Crippen molar-refractivity contribution in [3.05, 3.63) is 30.3 Å². The van der Waals surface area contributed by atoms with Crippen molar-refractivity contribution in [3.8, 4) is 0 Å². The van der Waals surface area contributed by atoms with Crippen molar-refractivity contribution in [1.29, 1.82) is 0 Å². The molecule has 82 valence electrons. The minimum Gasteiger partial charge on any atom is -0.366 e. The first-order valence-electron chi connectivity index (χ1n) is 5.69. The van der Waals surface area contributed by atoms with Crippen LogP contribution in [0.4, 0.5) is 5.69 Å². The molecule has 1 atom stereocenters. The lowest BCUT2D eigenvalue weighted by Crippen LogP contribution is -2.44. The summed E-state index contributed by atoms with van der Waals surface area (Å²) in [5.41, 5.74) is 7.33. The third-order valence-electron chi connectivity index (χ3n) is 3.75. The first-order chi connectivity index (χ1) is 7.16. The molecule has 0 saturated carbocycles. The summed E-state index contributed by atoms with van der Waals surface area (Å²) in [7, 11) is 0. The molecule has 1 unspecified atom stereocenters. The van der Waals surface area contributed by atoms with E-state index in [-0.39, 0.29) is 5.54 Å². The molecule has 0 radical (unpaired) electrons. The summed E-state index contributed by atoms with van der Waals surface area (Å²) in [5.74, 6) is 0.609. The Hall–Kier alpha value is -1.02. The van der Waals surface area contributed by atoms with Crippen LogP contribution < -0.4 is 10.6 Å². The first-order valence-corrected chi connectivity index (χ1v) is 5.69. The van der Waals surface area contributed by atoms with Crippen molar-refractivity contribution in [2.75, 3.05) is 18.0 Å². The Morgan fingerprint density at radius 2 is 2.00 bits per heavy atom. The highest BCUT2D eigenvalue weighted by molar-refractivity contribution is 5.50. The Morgan fingerprint density at radius 1 is 1.33 bits per heavy atom. The lowest BCUT2D eigenvalue weighted by atomic mass is 9.88. The van der Waals surface area contributed by atoms with Crippen LogP contribution in [0.15, 0.2) is 30.3 Å². The number of rotatable bonds is 2. The summed E-state index contributed by atoms with van der Waals surface area (Å²) in [6.45, 7) is 6.50. The average Bonchev–Trinajstić information content (AvgIpc) is 2.54. The number of nitrogens with zero attached hydrogens (tertiary/aromatic N) is 1. The van der Waals surface area contributed by atoms with Crippen LogP contribution in [0.25, 0.3) is 0 Å². The number of hydrogen-bond acceptors (Lipinski definition) is 2. The molecule has 1 saturated heterocycles. The molecular weight excluding hydrogens is 184 g/mol. The quantitative estimate of drug-likeness (QED) is 0.800. The zero-order chi connectivity index (χ0) is 10.9. The normalized spacial score (nSPS) is 24.5. The number of benzene rings is 1. The number of para-hydroxylation sites is 1. The van der Waals surface area contributed by atoms with E-state index in [0.29, 0.717) is 5.92 Å². The molecule has 1 aromatic rings. The van der Waals surface area contributed by atoms with E-state index in [4.69, 9.17) is 5.73 Å². The number of nitrogens with two attached hydrogens (primary N) is 1. The SMILES string of the molecule is CC1(C)C(CN)CCN1c1ccccc1. The fraction of sp³-hybridized carbons (Fsp3) is 0.538. The summed E-state index contributed by atoms with van der Waals surface area (Å²) in [6, 6.07) is 10.6. The molecule has 1 aliphatic heterocycles. The van der Waals surface area contributed by atoms with Gasteiger partial charge in [0.1, 0.15) is 0 Å². The standard InChI is InChI=1S/C13H20N2/c1-13(2)11(10-14)8-9-15(13)12-6-4-3-5-7-12/h3-7,11H,8-10,14H2,1-2H3. The summed E-state index contributed by atoms with van der Waals surface area (Å²) >= 11 is 0. The maximum absolute atomic E-state index is 5.82. The molecule has 2 nitrogen and oxygen atoms in total. The fourth-order valence-electron chi connectivity index (χ4n) is 2.62. The predicted octanol–water partition coefficient (Wildman–Crippen LogP) is 2.25. The highest BCUT2D eigenvalue weighted by Gasteiger charge is 2.40. The number of anilines is 1. The highest BCUT2D eigenvalue weighted by atomic mass is 15.2. The predicted molar refractivity (Wildman–Crippen MR) is 65.0 cm³/mol. The Labute approximate surface area is 92.1 Å². The second kappa shape index (κ2) is 3.86. The van der Waals surface area contributed by atoms with Crippen molar-refractivity contribution in [2.24, 2.45) is 11.7 Å². The lowest BCUT2D eigenvalue weighted by molar-refractivity contribution is 0.374. The maximum Gasteiger partial charge on any atom is 0.0386 e. The summed E-state index contributed by atoms with van der Waals surface area (Å²) < 4.78 is 0. The van der Waals surface area contributed by atoms with Crippen LogP contribution in [0.5, 0.6) is 0 Å². The van der Waals surface area contributed by atoms with Crippen LogP contribution >= 0.6 is 0 Å². The van der Waals surface area contributed by atoms with Gasteiger partial charge in [0.05, 0.1) is 0 Å². The van der Waals surface area contributed by atoms with Gasteiger partial charge in [-0.15, -0.1) is 0 Å². The Bertz CT molecular complexity index is 319. The third-order valence-corrected chi connectivity index (χ3v) is 3.75. The molecule has 2 N–H and O–H groups in total. The van der Waals surface area contributed by atoms with Crippen molar-refractivity contribution >= 4 is 5.69 Å². The van der Waals surface area contributed by atoms with E-state index in [1.54, 1.807) is 0 Å². The van der Waals surface area contributed by atoms with E-state index in [0.717, 1.165) is 13.1 Å². The van der Waals surface area contributed by atoms with Crippen molar-refractivity contribution < 1.29 is 0 Å². The van der Waals surface area contributed by atoms with Gasteiger partial charge in [0.2, 0.25) is 0 Å². The average molecular weight is 204 g/mol. The number of hydrogen-bond donors (Lipinski definition) is 1. The van der Waals surface area contributed by atoms with Gasteiger partial charge >= 0.3 is 0 Å². The van der Waals surface area contributed by atoms with Crippen molar-refractivity contribution in [2.45, 2.75) is 25.8 Å². The maximum atomic E-state index is 5.82. The van der Waals surface area contributed by atoms with Crippen LogP contribution in [0.3, 0.4) is 0 Å². The molecule has 1 heterocycles. The lowest BCUT2D eigenvalue weighted by Gasteiger charge is -2.37. The van der Waals surface area contributed by atoms with Crippen LogP contribution in [-0.4, -0.2) is 18.6 Å². The van der Waals surface area contributed by atoms with Crippen LogP contribution in [-0.2, 0) is 0 Å². The molecule has 0 bridgehead atoms. The molecule has 1 aliphatic rings. The van der Waals surface area contributed by atoms with Crippen LogP contribution in [0.2, 0.25) is 0 Å². The molecule has 0 aliphatic carbocycles. The van der Waals surface area contributed by atoms with E-state index in [1.807, 2.05) is 0 Å². The van der Waals surface area contributed by atoms with Gasteiger partial charge in [-0.2, -0.15) is 0 Å². The molecule has 1 fully saturated rings. The minimum absolute atomic E-state index is 0.191. The minimum atomic E-state index is 0.191. The van der Waals surface area contributed by atoms with E-state index >= 15 is 0 Å². The molecular formula is C13H20N2. The fourth-order valence-corrected chi connectivity index (χ4v) is 2.62. The van der Waals surface area contributed by atoms with Gasteiger partial charge < -0.3 is 10.6 Å². The largest absolute Gasteiger partial charge is 0.366 e. The topological polar surface area (TPSA) is 29.3 Å². The smallest absolute Gasteiger partial charge is 0.0386 e. The first kappa shape index (κ1) is 10.5. The molecule has 2 rings (SSSR count). The second-order valence-corrected chi connectivity index (χ2v) is 4.86. The van der Waals surface area contributed by atoms with Crippen LogP contribution in [0.1, 0.15) is 20.3 Å². The monoisotopic (exact) mass is 204 g/mol. The van der Waals surface area contributed by atoms with Gasteiger partial charge in [0.25, 0.3) is 0 Å². The van der Waals surface area contributed by atoms with E-state index in [1.165, 1.54) is 12.1 Å². The van der Waals surface area contributed by atoms with E-state index in [9.17, 15) is 0 Å². The molecule has 0 amide bonds. The summed E-state index contributed by atoms with van der Waals surface area (Å²) in [4.78, 5) is 2.48. The second-order valence-electron chi connectivity index (χ2n) is 4.86. The van der Waals surface area contributed by atoms with Gasteiger partial charge in [-0.05, 0) is 44.9 Å². The van der Waals surface area contributed by atoms with Gasteiger partial charge in [-0.1, -0.05) is 18.2 Å². The Morgan fingerprint density at radius 3 is 2.53 bits per heavy atom. The molecule has 0 spiro atoms. The zero-order valence-corrected chi connectivity index (χ0v) is 9.61. The van der Waals surface area contributed by atoms with Crippen molar-refractivity contribution in [1.82, 2.24) is 0 Å². The van der Waals surface area contributed by atoms with Crippen molar-refractivity contribution in [3.63, 3.8) is 0 Å². The molecule has 15 heavy (non-hydrogen) atoms. The van der Waals surface area contributed by atoms with Gasteiger partial charge in [-0.25, -0.2) is 0 Å². The molecule has 0 aromatic heterocycles. The highest BCUT2D eigenvalue weighted by Crippen LogP contribution is 2.37. The van der Waals surface area contributed by atoms with Crippen LogP contribution in [0, 0.1) is 5.92 Å². The summed E-state index contributed by atoms with van der Waals surface area (Å²) in [5, 5.41) is 0. The molecule has 2 heteroatoms. The third kappa shape index (κ3) is 1.74. The van der Waals surface area contributed by atoms with Gasteiger partial charge in [-0.3, -0.25) is 0 Å².